The van der Waals surface area contributed by atoms with E-state index in [2.05, 4.69) is 10.3 Å². The van der Waals surface area contributed by atoms with E-state index in [-0.39, 0.29) is 11.7 Å². The molecule has 5 nitrogen and oxygen atoms in total. The van der Waals surface area contributed by atoms with Crippen molar-refractivity contribution in [3.8, 4) is 11.5 Å². The molecular formula is C21H19FN2O3S. The highest BCUT2D eigenvalue weighted by Crippen LogP contribution is 2.21. The Labute approximate surface area is 166 Å². The molecule has 7 heteroatoms. The van der Waals surface area contributed by atoms with Crippen molar-refractivity contribution in [1.29, 1.82) is 0 Å². The van der Waals surface area contributed by atoms with Crippen LogP contribution in [-0.4, -0.2) is 18.0 Å². The predicted molar refractivity (Wildman–Crippen MR) is 108 cm³/mol. The maximum Gasteiger partial charge on any atom is 0.248 e. The second kappa shape index (κ2) is 9.14. The topological polar surface area (TPSA) is 60.5 Å². The molecule has 28 heavy (non-hydrogen) atoms. The van der Waals surface area contributed by atoms with Crippen molar-refractivity contribution in [3.63, 3.8) is 0 Å². The summed E-state index contributed by atoms with van der Waals surface area (Å²) in [5, 5.41) is 5.57. The minimum Gasteiger partial charge on any atom is -0.494 e. The summed E-state index contributed by atoms with van der Waals surface area (Å²) < 4.78 is 24.3. The molecule has 0 fully saturated rings. The molecule has 1 aromatic heterocycles. The van der Waals surface area contributed by atoms with E-state index in [0.29, 0.717) is 18.0 Å². The number of amides is 1. The van der Waals surface area contributed by atoms with Gasteiger partial charge in [0.25, 0.3) is 0 Å². The van der Waals surface area contributed by atoms with Crippen molar-refractivity contribution in [1.82, 2.24) is 4.98 Å². The normalized spacial score (nSPS) is 10.8. The van der Waals surface area contributed by atoms with Crippen LogP contribution < -0.4 is 14.8 Å². The molecule has 3 rings (SSSR count). The minimum atomic E-state index is -0.538. The zero-order valence-corrected chi connectivity index (χ0v) is 16.3. The number of benzene rings is 2. The number of carbonyl (C=O) groups is 1. The van der Waals surface area contributed by atoms with Crippen molar-refractivity contribution in [2.24, 2.45) is 0 Å². The van der Waals surface area contributed by atoms with Gasteiger partial charge < -0.3 is 14.8 Å². The first-order valence-corrected chi connectivity index (χ1v) is 9.38. The van der Waals surface area contributed by atoms with Crippen LogP contribution in [0.1, 0.15) is 16.3 Å². The minimum absolute atomic E-state index is 0.123. The number of halogens is 1. The third-order valence-electron chi connectivity index (χ3n) is 3.76. The van der Waals surface area contributed by atoms with Gasteiger partial charge in [0.05, 0.1) is 17.8 Å². The van der Waals surface area contributed by atoms with E-state index in [0.717, 1.165) is 16.3 Å². The molecule has 0 saturated carbocycles. The number of methoxy groups -OCH3 is 1. The highest BCUT2D eigenvalue weighted by molar-refractivity contribution is 7.09. The molecule has 2 aromatic carbocycles. The second-order valence-corrected chi connectivity index (χ2v) is 6.95. The lowest BCUT2D eigenvalue weighted by Crippen LogP contribution is -2.08. The fraction of sp³-hybridized carbons (Fsp3) is 0.143. The number of anilines is 1. The monoisotopic (exact) mass is 398 g/mol. The van der Waals surface area contributed by atoms with Crippen LogP contribution >= 0.6 is 11.3 Å². The van der Waals surface area contributed by atoms with Crippen LogP contribution in [0, 0.1) is 12.7 Å². The number of hydrogen-bond donors (Lipinski definition) is 1. The van der Waals surface area contributed by atoms with Crippen molar-refractivity contribution in [3.05, 3.63) is 76.0 Å². The van der Waals surface area contributed by atoms with Crippen molar-refractivity contribution in [2.45, 2.75) is 13.5 Å². The van der Waals surface area contributed by atoms with Gasteiger partial charge in [-0.3, -0.25) is 4.79 Å². The lowest BCUT2D eigenvalue weighted by molar-refractivity contribution is -0.111. The van der Waals surface area contributed by atoms with Gasteiger partial charge in [0.1, 0.15) is 12.4 Å². The number of nitrogens with zero attached hydrogens (tertiary/aromatic N) is 1. The molecule has 0 radical (unpaired) electrons. The molecule has 3 aromatic rings. The van der Waals surface area contributed by atoms with Gasteiger partial charge in [-0.15, -0.1) is 11.3 Å². The average molecular weight is 398 g/mol. The summed E-state index contributed by atoms with van der Waals surface area (Å²) in [5.41, 5.74) is 2.04. The highest BCUT2D eigenvalue weighted by Gasteiger charge is 2.05. The van der Waals surface area contributed by atoms with Gasteiger partial charge in [0.15, 0.2) is 11.6 Å². The summed E-state index contributed by atoms with van der Waals surface area (Å²) in [4.78, 5) is 16.4. The predicted octanol–water partition coefficient (Wildman–Crippen LogP) is 4.83. The number of carbonyl (C=O) groups excluding carboxylic acids is 1. The fourth-order valence-corrected chi connectivity index (χ4v) is 3.04. The van der Waals surface area contributed by atoms with E-state index in [1.807, 2.05) is 36.6 Å². The Balaban J connectivity index is 1.58. The lowest BCUT2D eigenvalue weighted by Gasteiger charge is -2.06. The molecule has 0 unspecified atom stereocenters. The summed E-state index contributed by atoms with van der Waals surface area (Å²) in [5.74, 6) is -0.0955. The summed E-state index contributed by atoms with van der Waals surface area (Å²) in [6.07, 6.45) is 3.04. The molecule has 0 bridgehead atoms. The molecule has 0 aliphatic carbocycles. The first-order valence-electron chi connectivity index (χ1n) is 8.50. The Kier molecular flexibility index (Phi) is 6.39. The van der Waals surface area contributed by atoms with Gasteiger partial charge in [0.2, 0.25) is 5.91 Å². The molecule has 0 saturated heterocycles. The molecule has 1 heterocycles. The third kappa shape index (κ3) is 5.40. The number of ether oxygens (including phenoxy) is 2. The van der Waals surface area contributed by atoms with E-state index in [1.54, 1.807) is 23.5 Å². The largest absolute Gasteiger partial charge is 0.494 e. The number of nitrogens with one attached hydrogen (secondary N) is 1. The Bertz CT molecular complexity index is 1000. The van der Waals surface area contributed by atoms with Crippen LogP contribution in [0.5, 0.6) is 11.5 Å². The Morgan fingerprint density at radius 2 is 2.14 bits per heavy atom. The van der Waals surface area contributed by atoms with Gasteiger partial charge in [-0.05, 0) is 42.8 Å². The van der Waals surface area contributed by atoms with Crippen LogP contribution in [0.25, 0.3) is 6.08 Å². The van der Waals surface area contributed by atoms with Crippen molar-refractivity contribution < 1.29 is 18.7 Å². The Morgan fingerprint density at radius 1 is 1.29 bits per heavy atom. The quantitative estimate of drug-likeness (QED) is 0.579. The van der Waals surface area contributed by atoms with Crippen molar-refractivity contribution in [2.75, 3.05) is 12.4 Å². The SMILES string of the molecule is COc1ccc(NC(=O)C=Cc2cccc(OCc3csc(C)n3)c2)cc1F. The van der Waals surface area contributed by atoms with Gasteiger partial charge in [-0.1, -0.05) is 12.1 Å². The summed E-state index contributed by atoms with van der Waals surface area (Å²) >= 11 is 1.58. The number of thiazole rings is 1. The summed E-state index contributed by atoms with van der Waals surface area (Å²) in [7, 11) is 1.38. The van der Waals surface area contributed by atoms with Gasteiger partial charge in [-0.25, -0.2) is 9.37 Å². The van der Waals surface area contributed by atoms with E-state index in [1.165, 1.54) is 25.3 Å². The highest BCUT2D eigenvalue weighted by atomic mass is 32.1. The van der Waals surface area contributed by atoms with E-state index < -0.39 is 5.82 Å². The fourth-order valence-electron chi connectivity index (χ4n) is 2.44. The molecule has 0 spiro atoms. The zero-order chi connectivity index (χ0) is 19.9. The van der Waals surface area contributed by atoms with E-state index >= 15 is 0 Å². The van der Waals surface area contributed by atoms with Crippen LogP contribution in [0.15, 0.2) is 53.9 Å². The van der Waals surface area contributed by atoms with Gasteiger partial charge in [0, 0.05) is 23.2 Å². The maximum absolute atomic E-state index is 13.7. The van der Waals surface area contributed by atoms with E-state index in [9.17, 15) is 9.18 Å². The molecular weight excluding hydrogens is 379 g/mol. The standard InChI is InChI=1S/C21H19FN2O3S/c1-14-23-17(13-28-14)12-27-18-5-3-4-15(10-18)6-9-21(25)24-16-7-8-20(26-2)19(22)11-16/h3-11,13H,12H2,1-2H3,(H,24,25). The first kappa shape index (κ1) is 19.6. The molecule has 1 N–H and O–H groups in total. The Hall–Kier alpha value is -3.19. The number of hydrogen-bond acceptors (Lipinski definition) is 5. The van der Waals surface area contributed by atoms with Gasteiger partial charge in [-0.2, -0.15) is 0 Å². The number of aromatic nitrogens is 1. The zero-order valence-electron chi connectivity index (χ0n) is 15.4. The molecule has 0 aliphatic rings. The third-order valence-corrected chi connectivity index (χ3v) is 4.58. The van der Waals surface area contributed by atoms with Crippen LogP contribution in [0.3, 0.4) is 0 Å². The van der Waals surface area contributed by atoms with Crippen LogP contribution in [-0.2, 0) is 11.4 Å². The Morgan fingerprint density at radius 3 is 2.86 bits per heavy atom. The summed E-state index contributed by atoms with van der Waals surface area (Å²) in [6.45, 7) is 2.34. The first-order chi connectivity index (χ1) is 13.5. The van der Waals surface area contributed by atoms with Gasteiger partial charge >= 0.3 is 0 Å². The van der Waals surface area contributed by atoms with Crippen LogP contribution in [0.4, 0.5) is 10.1 Å². The number of rotatable bonds is 7. The number of aryl methyl sites for hydroxylation is 1. The maximum atomic E-state index is 13.7. The molecule has 144 valence electrons. The second-order valence-electron chi connectivity index (χ2n) is 5.89. The average Bonchev–Trinajstić information content (AvgIpc) is 3.10. The molecule has 1 amide bonds. The molecule has 0 atom stereocenters. The van der Waals surface area contributed by atoms with Crippen molar-refractivity contribution >= 4 is 29.0 Å². The van der Waals surface area contributed by atoms with Crippen LogP contribution in [0.2, 0.25) is 0 Å². The molecule has 0 aliphatic heterocycles. The van der Waals surface area contributed by atoms with E-state index in [4.69, 9.17) is 9.47 Å². The smallest absolute Gasteiger partial charge is 0.248 e. The summed E-state index contributed by atoms with van der Waals surface area (Å²) in [6, 6.07) is 11.6. The lowest BCUT2D eigenvalue weighted by atomic mass is 10.2.